The van der Waals surface area contributed by atoms with E-state index in [0.29, 0.717) is 10.6 Å². The molecule has 1 aliphatic carbocycles. The highest BCUT2D eigenvalue weighted by Gasteiger charge is 2.32. The molecule has 0 saturated heterocycles. The minimum atomic E-state index is -3.84. The Morgan fingerprint density at radius 2 is 1.62 bits per heavy atom. The van der Waals surface area contributed by atoms with Gasteiger partial charge >= 0.3 is 0 Å². The van der Waals surface area contributed by atoms with Gasteiger partial charge in [0.1, 0.15) is 12.6 Å². The monoisotopic (exact) mass is 525 g/mol. The predicted molar refractivity (Wildman–Crippen MR) is 136 cm³/mol. The molecule has 0 aliphatic heterocycles. The molecule has 1 aliphatic rings. The highest BCUT2D eigenvalue weighted by atomic mass is 35.5. The van der Waals surface area contributed by atoms with E-state index in [1.807, 2.05) is 0 Å². The van der Waals surface area contributed by atoms with E-state index in [2.05, 4.69) is 5.32 Å². The van der Waals surface area contributed by atoms with Crippen molar-refractivity contribution in [2.24, 2.45) is 0 Å². The van der Waals surface area contributed by atoms with Crippen molar-refractivity contribution in [2.75, 3.05) is 17.1 Å². The second-order valence-electron chi connectivity index (χ2n) is 8.50. The van der Waals surface area contributed by atoms with Gasteiger partial charge in [-0.15, -0.1) is 0 Å². The van der Waals surface area contributed by atoms with E-state index in [1.165, 1.54) is 11.0 Å². The Kier molecular flexibility index (Phi) is 8.84. The van der Waals surface area contributed by atoms with Crippen LogP contribution in [0, 0.1) is 0 Å². The molecule has 2 amide bonds. The summed E-state index contributed by atoms with van der Waals surface area (Å²) in [4.78, 5) is 27.9. The minimum absolute atomic E-state index is 0.0535. The molecular formula is C24H29Cl2N3O4S. The molecule has 0 bridgehead atoms. The van der Waals surface area contributed by atoms with Crippen LogP contribution in [0.15, 0.2) is 48.5 Å². The van der Waals surface area contributed by atoms with E-state index in [1.54, 1.807) is 49.4 Å². The summed E-state index contributed by atoms with van der Waals surface area (Å²) in [7, 11) is -3.84. The number of para-hydroxylation sites is 1. The smallest absolute Gasteiger partial charge is 0.244 e. The lowest BCUT2D eigenvalue weighted by atomic mass is 10.1. The van der Waals surface area contributed by atoms with E-state index in [-0.39, 0.29) is 29.2 Å². The molecule has 1 atom stereocenters. The molecule has 0 radical (unpaired) electrons. The van der Waals surface area contributed by atoms with Gasteiger partial charge in [0.2, 0.25) is 21.8 Å². The van der Waals surface area contributed by atoms with Crippen LogP contribution in [-0.4, -0.2) is 50.0 Å². The van der Waals surface area contributed by atoms with Crippen molar-refractivity contribution in [3.05, 3.63) is 64.1 Å². The van der Waals surface area contributed by atoms with E-state index in [4.69, 9.17) is 23.2 Å². The third-order valence-electron chi connectivity index (χ3n) is 5.97. The Morgan fingerprint density at radius 3 is 2.21 bits per heavy atom. The number of amides is 2. The predicted octanol–water partition coefficient (Wildman–Crippen LogP) is 4.24. The molecule has 2 aromatic carbocycles. The van der Waals surface area contributed by atoms with Gasteiger partial charge in [0, 0.05) is 17.6 Å². The summed E-state index contributed by atoms with van der Waals surface area (Å²) in [5.41, 5.74) is 0.849. The van der Waals surface area contributed by atoms with Crippen LogP contribution in [0.25, 0.3) is 0 Å². The van der Waals surface area contributed by atoms with Crippen LogP contribution in [-0.2, 0) is 26.2 Å². The highest BCUT2D eigenvalue weighted by Crippen LogP contribution is 2.28. The fourth-order valence-corrected chi connectivity index (χ4v) is 5.38. The molecule has 0 aromatic heterocycles. The number of hydrogen-bond acceptors (Lipinski definition) is 4. The topological polar surface area (TPSA) is 86.8 Å². The summed E-state index contributed by atoms with van der Waals surface area (Å²) >= 11 is 12.6. The number of hydrogen-bond donors (Lipinski definition) is 1. The molecule has 1 fully saturated rings. The fraction of sp³-hybridized carbons (Fsp3) is 0.417. The summed E-state index contributed by atoms with van der Waals surface area (Å²) in [6.07, 6.45) is 4.94. The van der Waals surface area contributed by atoms with E-state index >= 15 is 0 Å². The zero-order chi connectivity index (χ0) is 24.9. The van der Waals surface area contributed by atoms with E-state index in [0.717, 1.165) is 36.2 Å². The number of sulfonamides is 1. The Hall–Kier alpha value is -2.29. The molecule has 7 nitrogen and oxygen atoms in total. The quantitative estimate of drug-likeness (QED) is 0.530. The van der Waals surface area contributed by atoms with Crippen LogP contribution < -0.4 is 9.62 Å². The molecule has 34 heavy (non-hydrogen) atoms. The normalized spacial score (nSPS) is 15.1. The molecule has 1 unspecified atom stereocenters. The van der Waals surface area contributed by atoms with Gasteiger partial charge in [-0.1, -0.05) is 66.4 Å². The molecule has 0 heterocycles. The summed E-state index contributed by atoms with van der Waals surface area (Å²) < 4.78 is 26.1. The zero-order valence-electron chi connectivity index (χ0n) is 19.2. The standard InChI is InChI=1S/C24H29Cl2N3O4S/c1-17(24(31)27-19-10-4-5-11-19)28(15-18-9-3-6-12-20(18)25)23(30)16-29(34(2,32)33)22-14-8-7-13-21(22)26/h3,6-9,12-14,17,19H,4-5,10-11,15-16H2,1-2H3,(H,27,31). The van der Waals surface area contributed by atoms with Crippen molar-refractivity contribution in [3.8, 4) is 0 Å². The number of benzene rings is 2. The summed E-state index contributed by atoms with van der Waals surface area (Å²) in [6, 6.07) is 12.7. The Labute approximate surface area is 211 Å². The third kappa shape index (κ3) is 6.64. The summed E-state index contributed by atoms with van der Waals surface area (Å²) in [5, 5.41) is 3.67. The van der Waals surface area contributed by atoms with Gasteiger partial charge in [-0.2, -0.15) is 0 Å². The van der Waals surface area contributed by atoms with Crippen molar-refractivity contribution >= 4 is 50.7 Å². The molecule has 1 saturated carbocycles. The summed E-state index contributed by atoms with van der Waals surface area (Å²) in [5.74, 6) is -0.824. The minimum Gasteiger partial charge on any atom is -0.352 e. The van der Waals surface area contributed by atoms with Gasteiger partial charge in [0.15, 0.2) is 0 Å². The average molecular weight is 526 g/mol. The van der Waals surface area contributed by atoms with Crippen molar-refractivity contribution in [1.29, 1.82) is 0 Å². The lowest BCUT2D eigenvalue weighted by Crippen LogP contribution is -2.52. The molecule has 184 valence electrons. The largest absolute Gasteiger partial charge is 0.352 e. The SMILES string of the molecule is CC(C(=O)NC1CCCC1)N(Cc1ccccc1Cl)C(=O)CN(c1ccccc1Cl)S(C)(=O)=O. The van der Waals surface area contributed by atoms with Crippen molar-refractivity contribution in [1.82, 2.24) is 10.2 Å². The molecular weight excluding hydrogens is 497 g/mol. The first-order valence-electron chi connectivity index (χ1n) is 11.1. The lowest BCUT2D eigenvalue weighted by molar-refractivity contribution is -0.139. The number of halogens is 2. The second-order valence-corrected chi connectivity index (χ2v) is 11.2. The lowest BCUT2D eigenvalue weighted by Gasteiger charge is -2.32. The maximum Gasteiger partial charge on any atom is 0.244 e. The van der Waals surface area contributed by atoms with Crippen LogP contribution in [0.3, 0.4) is 0 Å². The number of carbonyl (C=O) groups is 2. The average Bonchev–Trinajstić information content (AvgIpc) is 3.29. The fourth-order valence-electron chi connectivity index (χ4n) is 4.03. The third-order valence-corrected chi connectivity index (χ3v) is 7.78. The first-order valence-corrected chi connectivity index (χ1v) is 13.7. The number of anilines is 1. The van der Waals surface area contributed by atoms with Gasteiger partial charge in [0.25, 0.3) is 0 Å². The van der Waals surface area contributed by atoms with Crippen LogP contribution in [0.1, 0.15) is 38.2 Å². The van der Waals surface area contributed by atoms with Gasteiger partial charge in [0.05, 0.1) is 17.0 Å². The van der Waals surface area contributed by atoms with Crippen LogP contribution >= 0.6 is 23.2 Å². The van der Waals surface area contributed by atoms with Crippen LogP contribution in [0.2, 0.25) is 10.0 Å². The van der Waals surface area contributed by atoms with Crippen molar-refractivity contribution < 1.29 is 18.0 Å². The maximum absolute atomic E-state index is 13.5. The van der Waals surface area contributed by atoms with Crippen molar-refractivity contribution in [3.63, 3.8) is 0 Å². The zero-order valence-corrected chi connectivity index (χ0v) is 21.5. The highest BCUT2D eigenvalue weighted by molar-refractivity contribution is 7.92. The first-order chi connectivity index (χ1) is 16.1. The molecule has 0 spiro atoms. The van der Waals surface area contributed by atoms with E-state index in [9.17, 15) is 18.0 Å². The number of carbonyl (C=O) groups excluding carboxylic acids is 2. The number of nitrogens with one attached hydrogen (secondary N) is 1. The molecule has 10 heteroatoms. The molecule has 3 rings (SSSR count). The van der Waals surface area contributed by atoms with Gasteiger partial charge in [-0.3, -0.25) is 13.9 Å². The van der Waals surface area contributed by atoms with Crippen molar-refractivity contribution in [2.45, 2.75) is 51.2 Å². The van der Waals surface area contributed by atoms with Crippen LogP contribution in [0.5, 0.6) is 0 Å². The Bertz CT molecular complexity index is 1140. The van der Waals surface area contributed by atoms with Crippen LogP contribution in [0.4, 0.5) is 5.69 Å². The second kappa shape index (κ2) is 11.4. The van der Waals surface area contributed by atoms with Gasteiger partial charge < -0.3 is 10.2 Å². The summed E-state index contributed by atoms with van der Waals surface area (Å²) in [6.45, 7) is 1.19. The number of nitrogens with zero attached hydrogens (tertiary/aromatic N) is 2. The van der Waals surface area contributed by atoms with Gasteiger partial charge in [-0.05, 0) is 43.5 Å². The first kappa shape index (κ1) is 26.3. The number of rotatable bonds is 9. The van der Waals surface area contributed by atoms with E-state index < -0.39 is 28.5 Å². The Morgan fingerprint density at radius 1 is 1.03 bits per heavy atom. The Balaban J connectivity index is 1.90. The molecule has 2 aromatic rings. The molecule has 1 N–H and O–H groups in total. The van der Waals surface area contributed by atoms with Gasteiger partial charge in [-0.25, -0.2) is 8.42 Å². The maximum atomic E-state index is 13.5.